The van der Waals surface area contributed by atoms with E-state index < -0.39 is 12.1 Å². The van der Waals surface area contributed by atoms with Gasteiger partial charge in [-0.25, -0.2) is 0 Å². The molecule has 0 saturated carbocycles. The van der Waals surface area contributed by atoms with E-state index >= 15 is 0 Å². The molecule has 2 atom stereocenters. The number of nitrogens with one attached hydrogen (secondary N) is 1. The summed E-state index contributed by atoms with van der Waals surface area (Å²) < 4.78 is 5.48. The van der Waals surface area contributed by atoms with Crippen molar-refractivity contribution >= 4 is 11.9 Å². The van der Waals surface area contributed by atoms with Gasteiger partial charge in [0.25, 0.3) is 0 Å². The fourth-order valence-corrected chi connectivity index (χ4v) is 10.2. The van der Waals surface area contributed by atoms with Gasteiger partial charge < -0.3 is 20.3 Å². The van der Waals surface area contributed by atoms with Crippen LogP contribution in [0.5, 0.6) is 0 Å². The molecule has 2 unspecified atom stereocenters. The van der Waals surface area contributed by atoms with Crippen LogP contribution in [-0.4, -0.2) is 47.4 Å². The summed E-state index contributed by atoms with van der Waals surface area (Å²) in [5, 5.41) is 23.2. The number of rotatable bonds is 60. The number of hydrogen-bond donors (Lipinski definition) is 3. The van der Waals surface area contributed by atoms with Crippen molar-refractivity contribution in [1.82, 2.24) is 5.32 Å². The highest BCUT2D eigenvalue weighted by Gasteiger charge is 2.18. The van der Waals surface area contributed by atoms with E-state index in [-0.39, 0.29) is 18.5 Å². The van der Waals surface area contributed by atoms with Crippen molar-refractivity contribution in [2.45, 2.75) is 373 Å². The van der Waals surface area contributed by atoms with E-state index in [9.17, 15) is 19.8 Å². The number of allylic oxidation sites excluding steroid dienone is 1. The van der Waals surface area contributed by atoms with Gasteiger partial charge in [0.1, 0.15) is 0 Å². The fraction of sp³-hybridized carbons (Fsp3) is 0.938. The second-order valence-electron chi connectivity index (χ2n) is 22.1. The third-order valence-corrected chi connectivity index (χ3v) is 15.1. The zero-order valence-electron chi connectivity index (χ0n) is 47.5. The van der Waals surface area contributed by atoms with E-state index in [0.717, 1.165) is 44.9 Å². The van der Waals surface area contributed by atoms with Crippen LogP contribution >= 0.6 is 0 Å². The van der Waals surface area contributed by atoms with Crippen LogP contribution in [0.15, 0.2) is 12.2 Å². The van der Waals surface area contributed by atoms with Crippen molar-refractivity contribution in [3.8, 4) is 0 Å². The van der Waals surface area contributed by atoms with Crippen molar-refractivity contribution in [3.05, 3.63) is 12.2 Å². The van der Waals surface area contributed by atoms with Crippen LogP contribution in [0.2, 0.25) is 0 Å². The Bertz CT molecular complexity index is 1050. The molecule has 1 amide bonds. The summed E-state index contributed by atoms with van der Waals surface area (Å²) in [6.07, 6.45) is 72.5. The topological polar surface area (TPSA) is 95.9 Å². The predicted octanol–water partition coefficient (Wildman–Crippen LogP) is 20.0. The quantitative estimate of drug-likeness (QED) is 0.0321. The molecule has 0 aliphatic heterocycles. The third kappa shape index (κ3) is 55.9. The lowest BCUT2D eigenvalue weighted by Gasteiger charge is -2.20. The minimum absolute atomic E-state index is 0.00478. The summed E-state index contributed by atoms with van der Waals surface area (Å²) in [7, 11) is 0. The van der Waals surface area contributed by atoms with Crippen LogP contribution < -0.4 is 5.32 Å². The molecule has 0 saturated heterocycles. The second-order valence-corrected chi connectivity index (χ2v) is 22.1. The normalized spacial score (nSPS) is 12.6. The SMILES string of the molecule is CCCCCCCCCCCCCCCCCCCCCCCC/C=C/C(O)C(CO)NC(=O)CCCCCCCCCCCCCCCCCCOC(=O)CCCCCCCCCCCCCCC. The van der Waals surface area contributed by atoms with Gasteiger partial charge in [0.2, 0.25) is 5.91 Å². The molecular formula is C64H125NO5. The van der Waals surface area contributed by atoms with Crippen LogP contribution in [0.4, 0.5) is 0 Å². The first-order valence-electron chi connectivity index (χ1n) is 32.0. The first-order chi connectivity index (χ1) is 34.5. The number of amides is 1. The van der Waals surface area contributed by atoms with Gasteiger partial charge >= 0.3 is 5.97 Å². The van der Waals surface area contributed by atoms with Crippen molar-refractivity contribution in [2.75, 3.05) is 13.2 Å². The first-order valence-corrected chi connectivity index (χ1v) is 32.0. The number of hydrogen-bond acceptors (Lipinski definition) is 5. The molecule has 0 spiro atoms. The zero-order chi connectivity index (χ0) is 50.7. The number of esters is 1. The van der Waals surface area contributed by atoms with Crippen molar-refractivity contribution in [3.63, 3.8) is 0 Å². The molecule has 0 fully saturated rings. The molecule has 0 aromatic rings. The number of unbranched alkanes of at least 4 members (excludes halogenated alkanes) is 49. The van der Waals surface area contributed by atoms with Gasteiger partial charge in [0.05, 0.1) is 25.4 Å². The van der Waals surface area contributed by atoms with Crippen LogP contribution in [0.3, 0.4) is 0 Å². The molecule has 0 aliphatic rings. The summed E-state index contributed by atoms with van der Waals surface area (Å²) >= 11 is 0. The third-order valence-electron chi connectivity index (χ3n) is 15.1. The standard InChI is InChI=1S/C64H125NO5/c1-3-5-7-9-11-13-15-17-18-19-20-21-22-23-24-25-26-29-33-36-40-44-48-52-56-62(67)61(60-66)65-63(68)57-53-49-45-41-37-34-30-27-28-31-35-39-43-47-51-55-59-70-64(69)58-54-50-46-42-38-32-16-14-12-10-8-6-4-2/h52,56,61-62,66-67H,3-51,53-55,57-60H2,1-2H3,(H,65,68)/b56-52+. The lowest BCUT2D eigenvalue weighted by molar-refractivity contribution is -0.143. The average molecular weight is 989 g/mol. The Kier molecular flexibility index (Phi) is 59.0. The van der Waals surface area contributed by atoms with Crippen LogP contribution in [0, 0.1) is 0 Å². The largest absolute Gasteiger partial charge is 0.466 e. The molecule has 70 heavy (non-hydrogen) atoms. The average Bonchev–Trinajstić information content (AvgIpc) is 3.36. The Labute approximate surface area is 438 Å². The number of carbonyl (C=O) groups excluding carboxylic acids is 2. The minimum atomic E-state index is -0.849. The molecule has 0 aromatic carbocycles. The maximum Gasteiger partial charge on any atom is 0.305 e. The van der Waals surface area contributed by atoms with Crippen molar-refractivity contribution < 1.29 is 24.5 Å². The van der Waals surface area contributed by atoms with Crippen molar-refractivity contribution in [1.29, 1.82) is 0 Å². The van der Waals surface area contributed by atoms with Gasteiger partial charge in [-0.2, -0.15) is 0 Å². The van der Waals surface area contributed by atoms with Gasteiger partial charge in [-0.3, -0.25) is 9.59 Å². The highest BCUT2D eigenvalue weighted by atomic mass is 16.5. The van der Waals surface area contributed by atoms with Gasteiger partial charge in [0, 0.05) is 12.8 Å². The van der Waals surface area contributed by atoms with E-state index in [0.29, 0.717) is 19.4 Å². The predicted molar refractivity (Wildman–Crippen MR) is 306 cm³/mol. The molecule has 0 radical (unpaired) electrons. The zero-order valence-corrected chi connectivity index (χ0v) is 47.5. The van der Waals surface area contributed by atoms with Crippen LogP contribution in [0.25, 0.3) is 0 Å². The Balaban J connectivity index is 3.44. The summed E-state index contributed by atoms with van der Waals surface area (Å²) in [5.41, 5.74) is 0. The highest BCUT2D eigenvalue weighted by molar-refractivity contribution is 5.76. The Morgan fingerprint density at radius 3 is 0.971 bits per heavy atom. The van der Waals surface area contributed by atoms with Gasteiger partial charge in [-0.15, -0.1) is 0 Å². The second kappa shape index (κ2) is 60.2. The summed E-state index contributed by atoms with van der Waals surface area (Å²) in [4.78, 5) is 24.5. The van der Waals surface area contributed by atoms with Gasteiger partial charge in [-0.05, 0) is 32.1 Å². The lowest BCUT2D eigenvalue weighted by atomic mass is 10.0. The Morgan fingerprint density at radius 1 is 0.386 bits per heavy atom. The molecule has 6 nitrogen and oxygen atoms in total. The Hall–Kier alpha value is -1.40. The first kappa shape index (κ1) is 68.6. The maximum atomic E-state index is 12.5. The smallest absolute Gasteiger partial charge is 0.305 e. The fourth-order valence-electron chi connectivity index (χ4n) is 10.2. The summed E-state index contributed by atoms with van der Waals surface area (Å²) in [5.74, 6) is -0.0655. The van der Waals surface area contributed by atoms with Crippen LogP contribution in [-0.2, 0) is 14.3 Å². The number of carbonyl (C=O) groups is 2. The van der Waals surface area contributed by atoms with Gasteiger partial charge in [0.15, 0.2) is 0 Å². The molecule has 0 aromatic heterocycles. The number of aliphatic hydroxyl groups is 2. The van der Waals surface area contributed by atoms with E-state index in [1.807, 2.05) is 6.08 Å². The van der Waals surface area contributed by atoms with Crippen molar-refractivity contribution in [2.24, 2.45) is 0 Å². The summed E-state index contributed by atoms with van der Waals surface area (Å²) in [6.45, 7) is 4.92. The Morgan fingerprint density at radius 2 is 0.657 bits per heavy atom. The maximum absolute atomic E-state index is 12.5. The summed E-state index contributed by atoms with van der Waals surface area (Å²) in [6, 6.07) is -0.633. The highest BCUT2D eigenvalue weighted by Crippen LogP contribution is 2.18. The molecule has 6 heteroatoms. The van der Waals surface area contributed by atoms with E-state index in [1.54, 1.807) is 6.08 Å². The number of aliphatic hydroxyl groups excluding tert-OH is 2. The monoisotopic (exact) mass is 988 g/mol. The molecule has 0 heterocycles. The lowest BCUT2D eigenvalue weighted by Crippen LogP contribution is -2.45. The molecule has 0 aliphatic carbocycles. The molecule has 0 rings (SSSR count). The minimum Gasteiger partial charge on any atom is -0.466 e. The van der Waals surface area contributed by atoms with Crippen LogP contribution in [0.1, 0.15) is 361 Å². The van der Waals surface area contributed by atoms with Gasteiger partial charge in [-0.1, -0.05) is 328 Å². The van der Waals surface area contributed by atoms with E-state index in [4.69, 9.17) is 4.74 Å². The number of ether oxygens (including phenoxy) is 1. The van der Waals surface area contributed by atoms with E-state index in [2.05, 4.69) is 19.2 Å². The van der Waals surface area contributed by atoms with E-state index in [1.165, 1.54) is 289 Å². The molecule has 3 N–H and O–H groups in total. The molecular weight excluding hydrogens is 863 g/mol. The molecule has 0 bridgehead atoms. The molecule has 416 valence electrons.